The first-order chi connectivity index (χ1) is 14.2. The molecule has 0 fully saturated rings. The molecule has 0 aliphatic carbocycles. The molecule has 7 nitrogen and oxygen atoms in total. The van der Waals surface area contributed by atoms with Crippen LogP contribution in [0.25, 0.3) is 0 Å². The van der Waals surface area contributed by atoms with Crippen molar-refractivity contribution in [3.8, 4) is 5.75 Å². The molecule has 30 heavy (non-hydrogen) atoms. The predicted octanol–water partition coefficient (Wildman–Crippen LogP) is 3.14. The van der Waals surface area contributed by atoms with Crippen LogP contribution in [0.5, 0.6) is 5.75 Å². The number of nitrogens with one attached hydrogen (secondary N) is 2. The quantitative estimate of drug-likeness (QED) is 0.408. The van der Waals surface area contributed by atoms with E-state index in [1.54, 1.807) is 32.3 Å². The summed E-state index contributed by atoms with van der Waals surface area (Å²) in [6, 6.07) is 10.1. The van der Waals surface area contributed by atoms with Crippen LogP contribution in [-0.4, -0.2) is 30.0 Å². The highest BCUT2D eigenvalue weighted by Crippen LogP contribution is 2.33. The van der Waals surface area contributed by atoms with Gasteiger partial charge in [0.25, 0.3) is 16.8 Å². The van der Waals surface area contributed by atoms with Gasteiger partial charge in [0.05, 0.1) is 17.3 Å². The molecule has 0 radical (unpaired) electrons. The summed E-state index contributed by atoms with van der Waals surface area (Å²) >= 11 is 0. The number of phenols is 1. The molecule has 156 valence electrons. The van der Waals surface area contributed by atoms with Gasteiger partial charge >= 0.3 is 0 Å². The molecule has 0 aliphatic rings. The minimum atomic E-state index is -0.740. The smallest absolute Gasteiger partial charge is 0.257 e. The maximum Gasteiger partial charge on any atom is 0.257 e. The molecule has 0 bridgehead atoms. The first kappa shape index (κ1) is 21.0. The number of para-hydroxylation sites is 1. The molecule has 0 heterocycles. The van der Waals surface area contributed by atoms with Crippen molar-refractivity contribution in [2.24, 2.45) is 0 Å². The normalized spacial score (nSPS) is 11.9. The van der Waals surface area contributed by atoms with Crippen molar-refractivity contribution < 1.29 is 14.3 Å². The van der Waals surface area contributed by atoms with Gasteiger partial charge in [0.15, 0.2) is 5.75 Å². The lowest BCUT2D eigenvalue weighted by Crippen LogP contribution is -2.37. The SMILES string of the molecule is CCC(Nc1c(Nc2cccc(C(=O)N(C)C)c2O)c(=O)c1=O)c1cccc(F)c1. The second-order valence-electron chi connectivity index (χ2n) is 7.09. The molecule has 0 saturated heterocycles. The second-order valence-corrected chi connectivity index (χ2v) is 7.09. The molecular formula is C22H22FN3O4. The molecule has 1 unspecified atom stereocenters. The van der Waals surface area contributed by atoms with E-state index in [0.29, 0.717) is 12.0 Å². The van der Waals surface area contributed by atoms with Gasteiger partial charge in [-0.2, -0.15) is 0 Å². The number of halogens is 1. The van der Waals surface area contributed by atoms with Crippen LogP contribution in [-0.2, 0) is 0 Å². The summed E-state index contributed by atoms with van der Waals surface area (Å²) in [7, 11) is 3.11. The fraction of sp³-hybridized carbons (Fsp3) is 0.227. The summed E-state index contributed by atoms with van der Waals surface area (Å²) in [6.07, 6.45) is 0.541. The monoisotopic (exact) mass is 411 g/mol. The number of nitrogens with zero attached hydrogens (tertiary/aromatic N) is 1. The zero-order chi connectivity index (χ0) is 22.0. The van der Waals surface area contributed by atoms with E-state index in [9.17, 15) is 23.9 Å². The van der Waals surface area contributed by atoms with E-state index in [1.807, 2.05) is 6.92 Å². The summed E-state index contributed by atoms with van der Waals surface area (Å²) in [5, 5.41) is 16.2. The Balaban J connectivity index is 1.91. The summed E-state index contributed by atoms with van der Waals surface area (Å²) in [6.45, 7) is 1.86. The number of benzene rings is 2. The number of amides is 1. The van der Waals surface area contributed by atoms with Crippen molar-refractivity contribution in [1.82, 2.24) is 4.90 Å². The highest BCUT2D eigenvalue weighted by molar-refractivity contribution is 5.99. The van der Waals surface area contributed by atoms with Gasteiger partial charge < -0.3 is 20.6 Å². The Hall–Kier alpha value is -3.68. The maximum absolute atomic E-state index is 13.6. The molecule has 3 aromatic carbocycles. The highest BCUT2D eigenvalue weighted by atomic mass is 19.1. The average molecular weight is 411 g/mol. The summed E-state index contributed by atoms with van der Waals surface area (Å²) in [4.78, 5) is 37.8. The van der Waals surface area contributed by atoms with Gasteiger partial charge in [0.2, 0.25) is 0 Å². The number of hydrogen-bond acceptors (Lipinski definition) is 6. The number of phenolic OH excluding ortho intramolecular Hbond substituents is 1. The van der Waals surface area contributed by atoms with Gasteiger partial charge in [-0.15, -0.1) is 0 Å². The van der Waals surface area contributed by atoms with Gasteiger partial charge in [-0.05, 0) is 36.2 Å². The van der Waals surface area contributed by atoms with Crippen LogP contribution >= 0.6 is 0 Å². The molecule has 3 aromatic rings. The topological polar surface area (TPSA) is 98.7 Å². The number of aromatic hydroxyl groups is 1. The predicted molar refractivity (Wildman–Crippen MR) is 114 cm³/mol. The van der Waals surface area contributed by atoms with Crippen molar-refractivity contribution in [2.75, 3.05) is 24.7 Å². The zero-order valence-corrected chi connectivity index (χ0v) is 16.8. The molecule has 0 saturated carbocycles. The number of rotatable bonds is 7. The van der Waals surface area contributed by atoms with Crippen molar-refractivity contribution in [3.05, 3.63) is 79.9 Å². The minimum absolute atomic E-state index is 0.0143. The lowest BCUT2D eigenvalue weighted by molar-refractivity contribution is 0.0824. The van der Waals surface area contributed by atoms with Crippen molar-refractivity contribution in [1.29, 1.82) is 0 Å². The Bertz CT molecular complexity index is 1170. The van der Waals surface area contributed by atoms with E-state index in [2.05, 4.69) is 10.6 Å². The number of hydrogen-bond donors (Lipinski definition) is 3. The molecule has 0 aliphatic heterocycles. The van der Waals surface area contributed by atoms with Crippen LogP contribution in [0.4, 0.5) is 21.5 Å². The van der Waals surface area contributed by atoms with Gasteiger partial charge in [-0.25, -0.2) is 4.39 Å². The summed E-state index contributed by atoms with van der Waals surface area (Å²) < 4.78 is 13.6. The molecule has 1 atom stereocenters. The van der Waals surface area contributed by atoms with E-state index in [4.69, 9.17) is 0 Å². The van der Waals surface area contributed by atoms with E-state index in [1.165, 1.54) is 29.2 Å². The Kier molecular flexibility index (Phi) is 5.86. The highest BCUT2D eigenvalue weighted by Gasteiger charge is 2.25. The Morgan fingerprint density at radius 2 is 1.77 bits per heavy atom. The summed E-state index contributed by atoms with van der Waals surface area (Å²) in [5.74, 6) is -1.13. The van der Waals surface area contributed by atoms with Gasteiger partial charge in [-0.3, -0.25) is 14.4 Å². The van der Waals surface area contributed by atoms with Crippen LogP contribution in [0.2, 0.25) is 0 Å². The number of carbonyl (C=O) groups is 1. The van der Waals surface area contributed by atoms with E-state index in [0.717, 1.165) is 0 Å². The van der Waals surface area contributed by atoms with Crippen LogP contribution in [0.15, 0.2) is 52.1 Å². The molecule has 1 amide bonds. The molecule has 3 rings (SSSR count). The fourth-order valence-electron chi connectivity index (χ4n) is 3.16. The lowest BCUT2D eigenvalue weighted by Gasteiger charge is -2.22. The standard InChI is InChI=1S/C22H22FN3O4/c1-4-15(12-7-5-8-13(23)11-12)24-17-18(21(29)20(17)28)25-16-10-6-9-14(19(16)27)22(30)26(2)3/h5-11,15,24-25,27H,4H2,1-3H3. The molecule has 8 heteroatoms. The first-order valence-electron chi connectivity index (χ1n) is 9.40. The van der Waals surface area contributed by atoms with Crippen LogP contribution in [0.3, 0.4) is 0 Å². The van der Waals surface area contributed by atoms with Crippen molar-refractivity contribution >= 4 is 23.0 Å². The van der Waals surface area contributed by atoms with E-state index >= 15 is 0 Å². The zero-order valence-electron chi connectivity index (χ0n) is 16.8. The third-order valence-corrected chi connectivity index (χ3v) is 4.82. The summed E-state index contributed by atoms with van der Waals surface area (Å²) in [5.41, 5.74) is -0.582. The Morgan fingerprint density at radius 1 is 1.10 bits per heavy atom. The second kappa shape index (κ2) is 8.36. The third-order valence-electron chi connectivity index (χ3n) is 4.82. The number of carbonyl (C=O) groups excluding carboxylic acids is 1. The van der Waals surface area contributed by atoms with Gasteiger partial charge in [0, 0.05) is 14.1 Å². The Morgan fingerprint density at radius 3 is 2.40 bits per heavy atom. The van der Waals surface area contributed by atoms with E-state index < -0.39 is 22.6 Å². The van der Waals surface area contributed by atoms with Crippen LogP contribution < -0.4 is 21.5 Å². The largest absolute Gasteiger partial charge is 0.505 e. The van der Waals surface area contributed by atoms with Crippen molar-refractivity contribution in [2.45, 2.75) is 19.4 Å². The fourth-order valence-corrected chi connectivity index (χ4v) is 3.16. The van der Waals surface area contributed by atoms with Crippen LogP contribution in [0.1, 0.15) is 35.3 Å². The molecule has 3 N–H and O–H groups in total. The number of anilines is 3. The molecule has 0 spiro atoms. The average Bonchev–Trinajstić information content (AvgIpc) is 2.73. The molecule has 0 aromatic heterocycles. The van der Waals surface area contributed by atoms with Gasteiger partial charge in [0.1, 0.15) is 17.2 Å². The van der Waals surface area contributed by atoms with Crippen LogP contribution in [0, 0.1) is 5.82 Å². The lowest BCUT2D eigenvalue weighted by atomic mass is 10.0. The molecular weight excluding hydrogens is 389 g/mol. The van der Waals surface area contributed by atoms with Crippen molar-refractivity contribution in [3.63, 3.8) is 0 Å². The maximum atomic E-state index is 13.6. The van der Waals surface area contributed by atoms with Gasteiger partial charge in [-0.1, -0.05) is 25.1 Å². The van der Waals surface area contributed by atoms with E-state index in [-0.39, 0.29) is 34.4 Å². The first-order valence-corrected chi connectivity index (χ1v) is 9.40. The minimum Gasteiger partial charge on any atom is -0.505 e. The third kappa shape index (κ3) is 3.89. The Labute approximate surface area is 172 Å².